The van der Waals surface area contributed by atoms with Crippen molar-refractivity contribution in [2.24, 2.45) is 5.92 Å². The summed E-state index contributed by atoms with van der Waals surface area (Å²) in [6, 6.07) is 10.1. The van der Waals surface area contributed by atoms with E-state index in [0.717, 1.165) is 0 Å². The van der Waals surface area contributed by atoms with Crippen LogP contribution >= 0.6 is 0 Å². The van der Waals surface area contributed by atoms with Crippen LogP contribution in [0.3, 0.4) is 0 Å². The summed E-state index contributed by atoms with van der Waals surface area (Å²) in [6.45, 7) is -0.0829. The maximum Gasteiger partial charge on any atom is 0.264 e. The fourth-order valence-electron chi connectivity index (χ4n) is 5.09. The predicted molar refractivity (Wildman–Crippen MR) is 126 cm³/mol. The van der Waals surface area contributed by atoms with Gasteiger partial charge in [-0.1, -0.05) is 18.2 Å². The molecule has 0 unspecified atom stereocenters. The van der Waals surface area contributed by atoms with Crippen molar-refractivity contribution >= 4 is 33.2 Å². The predicted octanol–water partition coefficient (Wildman–Crippen LogP) is 1.37. The highest BCUT2D eigenvalue weighted by Gasteiger charge is 2.50. The van der Waals surface area contributed by atoms with Gasteiger partial charge in [-0.3, -0.25) is 19.3 Å². The summed E-state index contributed by atoms with van der Waals surface area (Å²) < 4.78 is 34.3. The molecule has 2 atom stereocenters. The van der Waals surface area contributed by atoms with Crippen LogP contribution in [0.1, 0.15) is 38.9 Å². The quantitative estimate of drug-likeness (QED) is 0.637. The molecule has 3 amide bonds. The van der Waals surface area contributed by atoms with Crippen LogP contribution < -0.4 is 19.7 Å². The third-order valence-electron chi connectivity index (χ3n) is 6.71. The van der Waals surface area contributed by atoms with Crippen molar-refractivity contribution in [1.82, 2.24) is 10.2 Å². The van der Waals surface area contributed by atoms with Crippen LogP contribution in [0.4, 0.5) is 5.69 Å². The van der Waals surface area contributed by atoms with E-state index in [-0.39, 0.29) is 53.6 Å². The largest absolute Gasteiger partial charge is 0.493 e. The summed E-state index contributed by atoms with van der Waals surface area (Å²) in [6.07, 6.45) is -0.337. The van der Waals surface area contributed by atoms with E-state index in [1.54, 1.807) is 36.4 Å². The second-order valence-electron chi connectivity index (χ2n) is 8.84. The summed E-state index contributed by atoms with van der Waals surface area (Å²) in [4.78, 5) is 42.9. The number of benzene rings is 2. The van der Waals surface area contributed by atoms with Gasteiger partial charge in [0.2, 0.25) is 5.91 Å². The van der Waals surface area contributed by atoms with E-state index in [1.807, 2.05) is 0 Å². The standard InChI is InChI=1S/C24H25N3O7S/c1-33-18-8-7-16-20(21(18)34-2)24(30)27-17-6-4-3-5-15(17)23(29)26(22(16)27)12-19(28)25-11-14-9-10-35(31,32)13-14/h3-8,14,22H,9-13H2,1-2H3,(H,25,28)/t14-,22+/m0/s1. The van der Waals surface area contributed by atoms with Crippen molar-refractivity contribution in [3.8, 4) is 11.5 Å². The lowest BCUT2D eigenvalue weighted by Gasteiger charge is -2.40. The Morgan fingerprint density at radius 1 is 1.09 bits per heavy atom. The Labute approximate surface area is 202 Å². The first-order valence-electron chi connectivity index (χ1n) is 11.2. The molecular formula is C24H25N3O7S. The van der Waals surface area contributed by atoms with Crippen LogP contribution in [0.5, 0.6) is 11.5 Å². The minimum absolute atomic E-state index is 0.0448. The molecule has 0 saturated carbocycles. The third kappa shape index (κ3) is 3.79. The molecule has 0 spiro atoms. The van der Waals surface area contributed by atoms with E-state index < -0.39 is 21.9 Å². The lowest BCUT2D eigenvalue weighted by Crippen LogP contribution is -2.51. The summed E-state index contributed by atoms with van der Waals surface area (Å²) in [5.74, 6) is -0.499. The third-order valence-corrected chi connectivity index (χ3v) is 8.55. The van der Waals surface area contributed by atoms with Gasteiger partial charge in [-0.05, 0) is 30.5 Å². The van der Waals surface area contributed by atoms with Crippen LogP contribution in [-0.4, -0.2) is 69.9 Å². The fraction of sp³-hybridized carbons (Fsp3) is 0.375. The molecule has 1 fully saturated rings. The zero-order valence-corrected chi connectivity index (χ0v) is 20.1. The first-order chi connectivity index (χ1) is 16.8. The normalized spacial score (nSPS) is 21.9. The summed E-state index contributed by atoms with van der Waals surface area (Å²) in [7, 11) is -0.144. The SMILES string of the molecule is COc1ccc2c(c1OC)C(=O)N1c3ccccc3C(=O)N(CC(=O)NC[C@@H]3CCS(=O)(=O)C3)[C@@H]21. The molecule has 3 aliphatic rings. The van der Waals surface area contributed by atoms with Gasteiger partial charge in [-0.25, -0.2) is 8.42 Å². The zero-order valence-electron chi connectivity index (χ0n) is 19.3. The maximum atomic E-state index is 13.6. The number of hydrogen-bond donors (Lipinski definition) is 1. The summed E-state index contributed by atoms with van der Waals surface area (Å²) in [5.41, 5.74) is 1.58. The van der Waals surface area contributed by atoms with Crippen molar-refractivity contribution in [2.45, 2.75) is 12.6 Å². The van der Waals surface area contributed by atoms with Crippen LogP contribution in [0.25, 0.3) is 0 Å². The molecule has 5 rings (SSSR count). The fourth-order valence-corrected chi connectivity index (χ4v) is 6.95. The lowest BCUT2D eigenvalue weighted by atomic mass is 10.0. The minimum atomic E-state index is -3.06. The van der Waals surface area contributed by atoms with E-state index >= 15 is 0 Å². The van der Waals surface area contributed by atoms with E-state index in [9.17, 15) is 22.8 Å². The van der Waals surface area contributed by atoms with Gasteiger partial charge in [-0.2, -0.15) is 0 Å². The highest BCUT2D eigenvalue weighted by Crippen LogP contribution is 2.49. The Kier molecular flexibility index (Phi) is 5.66. The van der Waals surface area contributed by atoms with Crippen molar-refractivity contribution in [3.63, 3.8) is 0 Å². The number of sulfone groups is 1. The minimum Gasteiger partial charge on any atom is -0.493 e. The van der Waals surface area contributed by atoms with Crippen LogP contribution in [0.15, 0.2) is 36.4 Å². The van der Waals surface area contributed by atoms with Crippen LogP contribution in [-0.2, 0) is 14.6 Å². The number of nitrogens with zero attached hydrogens (tertiary/aromatic N) is 2. The number of para-hydroxylation sites is 1. The van der Waals surface area contributed by atoms with Crippen LogP contribution in [0.2, 0.25) is 0 Å². The summed E-state index contributed by atoms with van der Waals surface area (Å²) in [5, 5.41) is 2.76. The van der Waals surface area contributed by atoms with E-state index in [2.05, 4.69) is 5.32 Å². The molecule has 3 aliphatic heterocycles. The molecular weight excluding hydrogens is 474 g/mol. The van der Waals surface area contributed by atoms with E-state index in [0.29, 0.717) is 29.0 Å². The van der Waals surface area contributed by atoms with Gasteiger partial charge in [0.05, 0.1) is 42.5 Å². The molecule has 2 aromatic rings. The average Bonchev–Trinajstić information content (AvgIpc) is 3.35. The number of carbonyl (C=O) groups excluding carboxylic acids is 3. The molecule has 35 heavy (non-hydrogen) atoms. The molecule has 10 nitrogen and oxygen atoms in total. The molecule has 1 N–H and O–H groups in total. The Bertz CT molecular complexity index is 1340. The van der Waals surface area contributed by atoms with Crippen LogP contribution in [0, 0.1) is 5.92 Å². The number of nitrogens with one attached hydrogen (secondary N) is 1. The molecule has 0 bridgehead atoms. The van der Waals surface area contributed by atoms with Gasteiger partial charge in [0.25, 0.3) is 11.8 Å². The second kappa shape index (κ2) is 8.56. The van der Waals surface area contributed by atoms with Gasteiger partial charge >= 0.3 is 0 Å². The van der Waals surface area contributed by atoms with E-state index in [4.69, 9.17) is 9.47 Å². The number of ether oxygens (including phenoxy) is 2. The molecule has 0 radical (unpaired) electrons. The van der Waals surface area contributed by atoms with Crippen molar-refractivity contribution in [3.05, 3.63) is 53.1 Å². The smallest absolute Gasteiger partial charge is 0.264 e. The molecule has 0 aliphatic carbocycles. The van der Waals surface area contributed by atoms with Crippen molar-refractivity contribution < 1.29 is 32.3 Å². The number of methoxy groups -OCH3 is 2. The number of hydrogen-bond acceptors (Lipinski definition) is 7. The molecule has 0 aromatic heterocycles. The molecule has 11 heteroatoms. The molecule has 3 heterocycles. The molecule has 184 valence electrons. The zero-order chi connectivity index (χ0) is 24.9. The van der Waals surface area contributed by atoms with Crippen molar-refractivity contribution in [1.29, 1.82) is 0 Å². The first-order valence-corrected chi connectivity index (χ1v) is 13.0. The lowest BCUT2D eigenvalue weighted by molar-refractivity contribution is -0.122. The first kappa shape index (κ1) is 23.2. The van der Waals surface area contributed by atoms with Crippen molar-refractivity contribution in [2.75, 3.05) is 43.7 Å². The molecule has 1 saturated heterocycles. The Morgan fingerprint density at radius 2 is 1.86 bits per heavy atom. The highest BCUT2D eigenvalue weighted by molar-refractivity contribution is 7.91. The number of fused-ring (bicyclic) bond motifs is 5. The number of carbonyl (C=O) groups is 3. The number of rotatable bonds is 6. The van der Waals surface area contributed by atoms with Gasteiger partial charge in [0.15, 0.2) is 21.3 Å². The van der Waals surface area contributed by atoms with Gasteiger partial charge in [0.1, 0.15) is 12.7 Å². The topological polar surface area (TPSA) is 122 Å². The second-order valence-corrected chi connectivity index (χ2v) is 11.1. The van der Waals surface area contributed by atoms with Gasteiger partial charge < -0.3 is 19.7 Å². The average molecular weight is 500 g/mol. The Balaban J connectivity index is 1.49. The van der Waals surface area contributed by atoms with Gasteiger partial charge in [0, 0.05) is 12.1 Å². The Hall–Kier alpha value is -3.60. The van der Waals surface area contributed by atoms with Gasteiger partial charge in [-0.15, -0.1) is 0 Å². The monoisotopic (exact) mass is 499 g/mol. The molecule has 2 aromatic carbocycles. The number of anilines is 1. The summed E-state index contributed by atoms with van der Waals surface area (Å²) >= 11 is 0. The van der Waals surface area contributed by atoms with E-state index in [1.165, 1.54) is 24.0 Å². The maximum absolute atomic E-state index is 13.6. The Morgan fingerprint density at radius 3 is 2.54 bits per heavy atom. The highest BCUT2D eigenvalue weighted by atomic mass is 32.2. The number of amides is 3.